The lowest BCUT2D eigenvalue weighted by Gasteiger charge is -2.06. The van der Waals surface area contributed by atoms with Crippen LogP contribution in [0.4, 0.5) is 0 Å². The Morgan fingerprint density at radius 3 is 1.75 bits per heavy atom. The highest BCUT2D eigenvalue weighted by Gasteiger charge is 2.12. The van der Waals surface area contributed by atoms with Crippen LogP contribution < -0.4 is 0 Å². The van der Waals surface area contributed by atoms with Crippen molar-refractivity contribution in [3.8, 4) is 0 Å². The molecule has 4 nitrogen and oxygen atoms in total. The summed E-state index contributed by atoms with van der Waals surface area (Å²) in [5.41, 5.74) is 1.62. The minimum atomic E-state index is -0.458. The van der Waals surface area contributed by atoms with Crippen molar-refractivity contribution >= 4 is 11.9 Å². The largest absolute Gasteiger partial charge is 0.465 e. The summed E-state index contributed by atoms with van der Waals surface area (Å²) in [4.78, 5) is 22.7. The highest BCUT2D eigenvalue weighted by molar-refractivity contribution is 5.95. The predicted molar refractivity (Wildman–Crippen MR) is 58.5 cm³/mol. The number of hydrogen-bond donors (Lipinski definition) is 0. The van der Waals surface area contributed by atoms with Gasteiger partial charge in [0, 0.05) is 0 Å². The van der Waals surface area contributed by atoms with Crippen molar-refractivity contribution in [2.24, 2.45) is 0 Å². The highest BCUT2D eigenvalue weighted by Crippen LogP contribution is 2.13. The normalized spacial score (nSPS) is 9.69. The summed E-state index contributed by atoms with van der Waals surface area (Å²) >= 11 is 0. The van der Waals surface area contributed by atoms with Gasteiger partial charge in [-0.3, -0.25) is 0 Å². The average molecular weight is 222 g/mol. The number of ether oxygens (including phenoxy) is 2. The molecule has 86 valence electrons. The van der Waals surface area contributed by atoms with E-state index in [-0.39, 0.29) is 0 Å². The van der Waals surface area contributed by atoms with Crippen LogP contribution in [0.25, 0.3) is 0 Å². The molecule has 0 saturated heterocycles. The molecular formula is C12H14O4. The monoisotopic (exact) mass is 222 g/mol. The van der Waals surface area contributed by atoms with E-state index in [0.717, 1.165) is 12.0 Å². The van der Waals surface area contributed by atoms with Gasteiger partial charge in [-0.15, -0.1) is 0 Å². The van der Waals surface area contributed by atoms with Gasteiger partial charge in [0.1, 0.15) is 0 Å². The van der Waals surface area contributed by atoms with Gasteiger partial charge in [-0.1, -0.05) is 6.92 Å². The summed E-state index contributed by atoms with van der Waals surface area (Å²) in [6.07, 6.45) is 0.731. The first kappa shape index (κ1) is 12.2. The minimum absolute atomic E-state index is 0.363. The summed E-state index contributed by atoms with van der Waals surface area (Å²) in [6, 6.07) is 4.88. The Labute approximate surface area is 94.2 Å². The molecule has 1 rings (SSSR count). The van der Waals surface area contributed by atoms with Gasteiger partial charge < -0.3 is 9.47 Å². The average Bonchev–Trinajstić information content (AvgIpc) is 2.35. The molecule has 4 heteroatoms. The van der Waals surface area contributed by atoms with Crippen LogP contribution in [-0.4, -0.2) is 26.2 Å². The number of methoxy groups -OCH3 is 2. The van der Waals surface area contributed by atoms with Gasteiger partial charge in [0.25, 0.3) is 0 Å². The van der Waals surface area contributed by atoms with E-state index in [1.54, 1.807) is 12.1 Å². The van der Waals surface area contributed by atoms with Crippen molar-refractivity contribution in [2.75, 3.05) is 14.2 Å². The molecule has 1 aromatic rings. The number of esters is 2. The second kappa shape index (κ2) is 5.30. The van der Waals surface area contributed by atoms with Crippen LogP contribution in [0.5, 0.6) is 0 Å². The molecule has 1 aromatic carbocycles. The minimum Gasteiger partial charge on any atom is -0.465 e. The van der Waals surface area contributed by atoms with Gasteiger partial charge in [0.15, 0.2) is 0 Å². The summed E-state index contributed by atoms with van der Waals surface area (Å²) in [7, 11) is 2.61. The van der Waals surface area contributed by atoms with Crippen LogP contribution in [0.2, 0.25) is 0 Å². The third-order valence-electron chi connectivity index (χ3n) is 2.24. The maximum Gasteiger partial charge on any atom is 0.337 e. The molecule has 0 aliphatic heterocycles. The van der Waals surface area contributed by atoms with E-state index in [2.05, 4.69) is 9.47 Å². The SMILES string of the molecule is CCc1cc(C(=O)OC)cc(C(=O)OC)c1. The van der Waals surface area contributed by atoms with E-state index in [1.165, 1.54) is 20.3 Å². The van der Waals surface area contributed by atoms with Gasteiger partial charge in [0.05, 0.1) is 25.3 Å². The standard InChI is InChI=1S/C12H14O4/c1-4-8-5-9(11(13)15-2)7-10(6-8)12(14)16-3/h5-7H,4H2,1-3H3. The molecule has 0 amide bonds. The van der Waals surface area contributed by atoms with E-state index in [0.29, 0.717) is 11.1 Å². The van der Waals surface area contributed by atoms with Crippen LogP contribution in [0.1, 0.15) is 33.2 Å². The molecule has 0 spiro atoms. The van der Waals surface area contributed by atoms with Gasteiger partial charge in [-0.2, -0.15) is 0 Å². The van der Waals surface area contributed by atoms with E-state index in [1.807, 2.05) is 6.92 Å². The number of benzene rings is 1. The number of carbonyl (C=O) groups excluding carboxylic acids is 2. The van der Waals surface area contributed by atoms with Crippen LogP contribution in [0.15, 0.2) is 18.2 Å². The topological polar surface area (TPSA) is 52.6 Å². The van der Waals surface area contributed by atoms with Crippen LogP contribution in [-0.2, 0) is 15.9 Å². The van der Waals surface area contributed by atoms with Crippen LogP contribution in [0.3, 0.4) is 0 Å². The molecule has 0 aliphatic carbocycles. The first-order chi connectivity index (χ1) is 7.62. The van der Waals surface area contributed by atoms with Crippen LogP contribution in [0, 0.1) is 0 Å². The van der Waals surface area contributed by atoms with Gasteiger partial charge in [0.2, 0.25) is 0 Å². The van der Waals surface area contributed by atoms with E-state index in [4.69, 9.17) is 0 Å². The summed E-state index contributed by atoms with van der Waals surface area (Å²) in [6.45, 7) is 1.94. The first-order valence-corrected chi connectivity index (χ1v) is 4.93. The molecule has 0 bridgehead atoms. The summed E-state index contributed by atoms with van der Waals surface area (Å²) in [5, 5.41) is 0. The first-order valence-electron chi connectivity index (χ1n) is 4.93. The Hall–Kier alpha value is -1.84. The molecule has 16 heavy (non-hydrogen) atoms. The van der Waals surface area contributed by atoms with E-state index in [9.17, 15) is 9.59 Å². The number of aryl methyl sites for hydroxylation is 1. The molecule has 0 atom stereocenters. The quantitative estimate of drug-likeness (QED) is 0.732. The van der Waals surface area contributed by atoms with E-state index >= 15 is 0 Å². The maximum absolute atomic E-state index is 11.4. The Balaban J connectivity index is 3.20. The van der Waals surface area contributed by atoms with Crippen molar-refractivity contribution < 1.29 is 19.1 Å². The molecule has 0 N–H and O–H groups in total. The highest BCUT2D eigenvalue weighted by atomic mass is 16.5. The van der Waals surface area contributed by atoms with Gasteiger partial charge >= 0.3 is 11.9 Å². The van der Waals surface area contributed by atoms with Crippen molar-refractivity contribution in [3.05, 3.63) is 34.9 Å². The predicted octanol–water partition coefficient (Wildman–Crippen LogP) is 1.82. The van der Waals surface area contributed by atoms with Crippen LogP contribution >= 0.6 is 0 Å². The maximum atomic E-state index is 11.4. The summed E-state index contributed by atoms with van der Waals surface area (Å²) in [5.74, 6) is -0.916. The molecule has 0 fully saturated rings. The Bertz CT molecular complexity index is 375. The summed E-state index contributed by atoms with van der Waals surface area (Å²) < 4.78 is 9.23. The van der Waals surface area contributed by atoms with Gasteiger partial charge in [-0.25, -0.2) is 9.59 Å². The van der Waals surface area contributed by atoms with Crippen molar-refractivity contribution in [1.82, 2.24) is 0 Å². The second-order valence-electron chi connectivity index (χ2n) is 3.26. The van der Waals surface area contributed by atoms with E-state index < -0.39 is 11.9 Å². The third-order valence-corrected chi connectivity index (χ3v) is 2.24. The Kier molecular flexibility index (Phi) is 4.05. The molecule has 0 radical (unpaired) electrons. The lowest BCUT2D eigenvalue weighted by Crippen LogP contribution is -2.07. The smallest absolute Gasteiger partial charge is 0.337 e. The zero-order valence-electron chi connectivity index (χ0n) is 9.57. The number of carbonyl (C=O) groups is 2. The van der Waals surface area contributed by atoms with Crippen molar-refractivity contribution in [3.63, 3.8) is 0 Å². The molecule has 0 unspecified atom stereocenters. The zero-order chi connectivity index (χ0) is 12.1. The molecule has 0 heterocycles. The Morgan fingerprint density at radius 1 is 1.00 bits per heavy atom. The van der Waals surface area contributed by atoms with Crippen molar-refractivity contribution in [2.45, 2.75) is 13.3 Å². The third kappa shape index (κ3) is 2.59. The number of rotatable bonds is 3. The molecular weight excluding hydrogens is 208 g/mol. The van der Waals surface area contributed by atoms with Crippen molar-refractivity contribution in [1.29, 1.82) is 0 Å². The Morgan fingerprint density at radius 2 is 1.44 bits per heavy atom. The molecule has 0 saturated carbocycles. The fourth-order valence-electron chi connectivity index (χ4n) is 1.37. The fourth-order valence-corrected chi connectivity index (χ4v) is 1.37. The second-order valence-corrected chi connectivity index (χ2v) is 3.26. The lowest BCUT2D eigenvalue weighted by molar-refractivity contribution is 0.0599. The molecule has 0 aliphatic rings. The zero-order valence-corrected chi connectivity index (χ0v) is 9.57. The van der Waals surface area contributed by atoms with Gasteiger partial charge in [-0.05, 0) is 30.2 Å². The molecule has 0 aromatic heterocycles. The fraction of sp³-hybridized carbons (Fsp3) is 0.333. The lowest BCUT2D eigenvalue weighted by atomic mass is 10.0. The number of hydrogen-bond acceptors (Lipinski definition) is 4.